The summed E-state index contributed by atoms with van der Waals surface area (Å²) in [6.45, 7) is 3.91. The van der Waals surface area contributed by atoms with Gasteiger partial charge in [0.25, 0.3) is 11.8 Å². The summed E-state index contributed by atoms with van der Waals surface area (Å²) in [5, 5.41) is 5.90. The van der Waals surface area contributed by atoms with Gasteiger partial charge in [-0.25, -0.2) is 0 Å². The number of rotatable bonds is 6. The van der Waals surface area contributed by atoms with Gasteiger partial charge in [-0.15, -0.1) is 11.3 Å². The highest BCUT2D eigenvalue weighted by atomic mass is 32.1. The fourth-order valence-corrected chi connectivity index (χ4v) is 4.63. The predicted molar refractivity (Wildman–Crippen MR) is 122 cm³/mol. The number of hydrogen-bond donors (Lipinski definition) is 3. The van der Waals surface area contributed by atoms with E-state index in [-0.39, 0.29) is 23.8 Å². The van der Waals surface area contributed by atoms with Crippen LogP contribution in [0.3, 0.4) is 0 Å². The lowest BCUT2D eigenvalue weighted by Crippen LogP contribution is -2.25. The molecule has 0 saturated heterocycles. The van der Waals surface area contributed by atoms with Gasteiger partial charge >= 0.3 is 0 Å². The molecule has 1 aromatic heterocycles. The highest BCUT2D eigenvalue weighted by Crippen LogP contribution is 2.37. The largest absolute Gasteiger partial charge is 0.366 e. The van der Waals surface area contributed by atoms with Crippen LogP contribution in [0, 0.1) is 6.92 Å². The van der Waals surface area contributed by atoms with Crippen LogP contribution in [0.25, 0.3) is 0 Å². The first-order valence-electron chi connectivity index (χ1n) is 10.3. The molecule has 2 aliphatic carbocycles. The second-order valence-corrected chi connectivity index (χ2v) is 9.27. The van der Waals surface area contributed by atoms with Gasteiger partial charge in [0.2, 0.25) is 5.91 Å². The molecular formula is C24H25N3O3S. The summed E-state index contributed by atoms with van der Waals surface area (Å²) >= 11 is 1.41. The van der Waals surface area contributed by atoms with E-state index in [0.29, 0.717) is 28.1 Å². The third kappa shape index (κ3) is 4.77. The first-order valence-corrected chi connectivity index (χ1v) is 11.1. The number of allylic oxidation sites excluding steroid dienone is 3. The maximum absolute atomic E-state index is 12.9. The number of anilines is 1. The first kappa shape index (κ1) is 21.1. The van der Waals surface area contributed by atoms with Crippen molar-refractivity contribution in [2.75, 3.05) is 5.32 Å². The summed E-state index contributed by atoms with van der Waals surface area (Å²) in [7, 11) is 0. The molecule has 7 heteroatoms. The van der Waals surface area contributed by atoms with Gasteiger partial charge in [0.1, 0.15) is 0 Å². The Balaban J connectivity index is 1.48. The molecule has 0 radical (unpaired) electrons. The molecule has 2 aliphatic rings. The monoisotopic (exact) mass is 435 g/mol. The van der Waals surface area contributed by atoms with Crippen molar-refractivity contribution in [3.05, 3.63) is 74.5 Å². The number of primary amides is 1. The Bertz CT molecular complexity index is 1120. The van der Waals surface area contributed by atoms with Crippen LogP contribution in [0.2, 0.25) is 0 Å². The Morgan fingerprint density at radius 1 is 1.03 bits per heavy atom. The molecule has 4 rings (SSSR count). The number of thiophene rings is 1. The molecule has 4 N–H and O–H groups in total. The highest BCUT2D eigenvalue weighted by molar-refractivity contribution is 7.14. The van der Waals surface area contributed by atoms with Gasteiger partial charge in [0, 0.05) is 33.7 Å². The van der Waals surface area contributed by atoms with Gasteiger partial charge in [-0.3, -0.25) is 14.4 Å². The topological polar surface area (TPSA) is 101 Å². The summed E-state index contributed by atoms with van der Waals surface area (Å²) in [5.41, 5.74) is 9.20. The molecule has 1 heterocycles. The van der Waals surface area contributed by atoms with Gasteiger partial charge in [0.05, 0.1) is 4.88 Å². The minimum absolute atomic E-state index is 0.0373. The van der Waals surface area contributed by atoms with Gasteiger partial charge in [-0.05, 0) is 62.9 Å². The predicted octanol–water partition coefficient (Wildman–Crippen LogP) is 4.05. The van der Waals surface area contributed by atoms with Crippen LogP contribution in [0.4, 0.5) is 5.69 Å². The molecule has 0 aliphatic heterocycles. The fraction of sp³-hybridized carbons (Fsp3) is 0.292. The zero-order valence-electron chi connectivity index (χ0n) is 17.5. The molecule has 3 amide bonds. The first-order chi connectivity index (χ1) is 14.8. The quantitative estimate of drug-likeness (QED) is 0.638. The summed E-state index contributed by atoms with van der Waals surface area (Å²) in [4.78, 5) is 38.4. The van der Waals surface area contributed by atoms with E-state index in [1.54, 1.807) is 24.3 Å². The van der Waals surface area contributed by atoms with Gasteiger partial charge in [-0.2, -0.15) is 0 Å². The number of amides is 3. The van der Waals surface area contributed by atoms with E-state index in [2.05, 4.69) is 10.6 Å². The average Bonchev–Trinajstić information content (AvgIpc) is 3.41. The number of nitrogens with two attached hydrogens (primary N) is 1. The van der Waals surface area contributed by atoms with E-state index in [1.807, 2.05) is 32.1 Å². The van der Waals surface area contributed by atoms with Crippen LogP contribution < -0.4 is 16.4 Å². The zero-order valence-corrected chi connectivity index (χ0v) is 18.3. The van der Waals surface area contributed by atoms with Gasteiger partial charge in [-0.1, -0.05) is 23.8 Å². The maximum atomic E-state index is 12.9. The van der Waals surface area contributed by atoms with Crippen molar-refractivity contribution in [3.8, 4) is 0 Å². The number of benzene rings is 1. The van der Waals surface area contributed by atoms with Crippen molar-refractivity contribution in [1.82, 2.24) is 5.32 Å². The number of carbonyl (C=O) groups is 3. The van der Waals surface area contributed by atoms with Crippen LogP contribution in [0.1, 0.15) is 62.6 Å². The number of hydrogen-bond acceptors (Lipinski definition) is 4. The van der Waals surface area contributed by atoms with Crippen LogP contribution in [0.5, 0.6) is 0 Å². The van der Waals surface area contributed by atoms with Crippen LogP contribution in [0.15, 0.2) is 53.6 Å². The highest BCUT2D eigenvalue weighted by Gasteiger charge is 2.25. The van der Waals surface area contributed by atoms with Crippen LogP contribution in [-0.4, -0.2) is 23.8 Å². The molecule has 31 heavy (non-hydrogen) atoms. The maximum Gasteiger partial charge on any atom is 0.265 e. The van der Waals surface area contributed by atoms with Crippen molar-refractivity contribution in [3.63, 3.8) is 0 Å². The van der Waals surface area contributed by atoms with Crippen molar-refractivity contribution < 1.29 is 14.4 Å². The molecule has 2 aromatic rings. The summed E-state index contributed by atoms with van der Waals surface area (Å²) in [6, 6.07) is 9.33. The lowest BCUT2D eigenvalue weighted by atomic mass is 9.86. The Hall–Kier alpha value is -3.19. The SMILES string of the molecule is CC1=CC=C(C(N)=O)CC1c1ccc(C(=O)Nc2cc(C(=O)NC3CC3)ccc2C)s1. The number of carbonyl (C=O) groups excluding carboxylic acids is 3. The van der Waals surface area contributed by atoms with E-state index < -0.39 is 5.91 Å². The minimum Gasteiger partial charge on any atom is -0.366 e. The standard InChI is InChI=1S/C24H25N3O3S/c1-13-3-5-15(22(25)28)11-18(13)20-9-10-21(31-20)24(30)27-19-12-16(6-4-14(19)2)23(29)26-17-7-8-17/h3-6,9-10,12,17-18H,7-8,11H2,1-2H3,(H2,25,28)(H,26,29)(H,27,30). The molecule has 0 bridgehead atoms. The molecular weight excluding hydrogens is 410 g/mol. The van der Waals surface area contributed by atoms with Crippen LogP contribution >= 0.6 is 11.3 Å². The van der Waals surface area contributed by atoms with E-state index in [1.165, 1.54) is 11.3 Å². The smallest absolute Gasteiger partial charge is 0.265 e. The number of nitrogens with one attached hydrogen (secondary N) is 2. The van der Waals surface area contributed by atoms with Crippen molar-refractivity contribution in [2.24, 2.45) is 5.73 Å². The van der Waals surface area contributed by atoms with Gasteiger partial charge in [0.15, 0.2) is 0 Å². The van der Waals surface area contributed by atoms with Crippen molar-refractivity contribution in [2.45, 2.75) is 45.1 Å². The number of aryl methyl sites for hydroxylation is 1. The Kier molecular flexibility index (Phi) is 5.78. The van der Waals surface area contributed by atoms with Gasteiger partial charge < -0.3 is 16.4 Å². The van der Waals surface area contributed by atoms with E-state index in [4.69, 9.17) is 5.73 Å². The summed E-state index contributed by atoms with van der Waals surface area (Å²) in [6.07, 6.45) is 6.26. The van der Waals surface area contributed by atoms with E-state index in [0.717, 1.165) is 28.9 Å². The molecule has 1 aromatic carbocycles. The molecule has 1 unspecified atom stereocenters. The Labute approximate surface area is 185 Å². The lowest BCUT2D eigenvalue weighted by molar-refractivity contribution is -0.114. The Morgan fingerprint density at radius 3 is 2.52 bits per heavy atom. The Morgan fingerprint density at radius 2 is 1.81 bits per heavy atom. The third-order valence-corrected chi connectivity index (χ3v) is 6.89. The second kappa shape index (κ2) is 8.51. The third-order valence-electron chi connectivity index (χ3n) is 5.69. The molecule has 1 atom stereocenters. The molecule has 6 nitrogen and oxygen atoms in total. The van der Waals surface area contributed by atoms with Crippen molar-refractivity contribution in [1.29, 1.82) is 0 Å². The van der Waals surface area contributed by atoms with E-state index in [9.17, 15) is 14.4 Å². The molecule has 0 spiro atoms. The van der Waals surface area contributed by atoms with Crippen LogP contribution in [-0.2, 0) is 4.79 Å². The zero-order chi connectivity index (χ0) is 22.1. The fourth-order valence-electron chi connectivity index (χ4n) is 3.55. The average molecular weight is 436 g/mol. The second-order valence-electron chi connectivity index (χ2n) is 8.16. The van der Waals surface area contributed by atoms with E-state index >= 15 is 0 Å². The lowest BCUT2D eigenvalue weighted by Gasteiger charge is -2.20. The molecule has 160 valence electrons. The summed E-state index contributed by atoms with van der Waals surface area (Å²) < 4.78 is 0. The normalized spacial score (nSPS) is 18.1. The summed E-state index contributed by atoms with van der Waals surface area (Å²) in [5.74, 6) is -0.712. The molecule has 1 saturated carbocycles. The molecule has 1 fully saturated rings. The minimum atomic E-state index is -0.413. The van der Waals surface area contributed by atoms with Crippen molar-refractivity contribution >= 4 is 34.7 Å².